The highest BCUT2D eigenvalue weighted by Crippen LogP contribution is 2.21. The standard InChI is InChI=1S/C15H18N8/c1-2-5-13(6-3-1)23-15(18-19-20-23)10-21-8-4-7-14(21)9-22-12-16-11-17-22/h1-3,5-6,11-12,14H,4,7-10H2. The lowest BCUT2D eigenvalue weighted by atomic mass is 10.2. The van der Waals surface area contributed by atoms with Gasteiger partial charge in [-0.1, -0.05) is 18.2 Å². The zero-order valence-electron chi connectivity index (χ0n) is 12.7. The second-order valence-electron chi connectivity index (χ2n) is 5.73. The van der Waals surface area contributed by atoms with Gasteiger partial charge in [-0.3, -0.25) is 9.58 Å². The smallest absolute Gasteiger partial charge is 0.170 e. The number of para-hydroxylation sites is 1. The first-order valence-corrected chi connectivity index (χ1v) is 7.79. The van der Waals surface area contributed by atoms with Gasteiger partial charge in [0, 0.05) is 6.04 Å². The van der Waals surface area contributed by atoms with Crippen molar-refractivity contribution in [3.63, 3.8) is 0 Å². The Kier molecular flexibility index (Phi) is 3.81. The van der Waals surface area contributed by atoms with E-state index in [2.05, 4.69) is 30.5 Å². The van der Waals surface area contributed by atoms with Crippen molar-refractivity contribution in [3.05, 3.63) is 48.8 Å². The van der Waals surface area contributed by atoms with Gasteiger partial charge in [-0.05, 0) is 41.9 Å². The molecule has 1 aromatic carbocycles. The van der Waals surface area contributed by atoms with Crippen LogP contribution in [0, 0.1) is 0 Å². The lowest BCUT2D eigenvalue weighted by Gasteiger charge is -2.23. The molecule has 1 aliphatic heterocycles. The van der Waals surface area contributed by atoms with Gasteiger partial charge >= 0.3 is 0 Å². The van der Waals surface area contributed by atoms with Crippen LogP contribution in [-0.2, 0) is 13.1 Å². The van der Waals surface area contributed by atoms with E-state index in [4.69, 9.17) is 0 Å². The molecule has 0 saturated carbocycles. The first-order chi connectivity index (χ1) is 11.4. The third-order valence-corrected chi connectivity index (χ3v) is 4.24. The normalized spacial score (nSPS) is 18.5. The molecule has 3 aromatic rings. The van der Waals surface area contributed by atoms with Crippen LogP contribution in [0.5, 0.6) is 0 Å². The first kappa shape index (κ1) is 14.0. The maximum absolute atomic E-state index is 4.21. The van der Waals surface area contributed by atoms with E-state index in [1.54, 1.807) is 12.7 Å². The van der Waals surface area contributed by atoms with Gasteiger partial charge in [-0.2, -0.15) is 9.78 Å². The molecule has 0 aliphatic carbocycles. The highest BCUT2D eigenvalue weighted by Gasteiger charge is 2.27. The zero-order chi connectivity index (χ0) is 15.5. The van der Waals surface area contributed by atoms with Crippen molar-refractivity contribution in [2.24, 2.45) is 0 Å². The summed E-state index contributed by atoms with van der Waals surface area (Å²) in [5.74, 6) is 0.863. The quantitative estimate of drug-likeness (QED) is 0.697. The Morgan fingerprint density at radius 3 is 2.91 bits per heavy atom. The minimum absolute atomic E-state index is 0.442. The van der Waals surface area contributed by atoms with Crippen molar-refractivity contribution < 1.29 is 0 Å². The molecule has 0 bridgehead atoms. The molecule has 1 atom stereocenters. The van der Waals surface area contributed by atoms with Crippen LogP contribution in [-0.4, -0.2) is 52.5 Å². The summed E-state index contributed by atoms with van der Waals surface area (Å²) in [5.41, 5.74) is 0.986. The number of aromatic nitrogens is 7. The van der Waals surface area contributed by atoms with E-state index in [-0.39, 0.29) is 0 Å². The summed E-state index contributed by atoms with van der Waals surface area (Å²) in [6.07, 6.45) is 5.69. The van der Waals surface area contributed by atoms with Gasteiger partial charge in [0.25, 0.3) is 0 Å². The van der Waals surface area contributed by atoms with Crippen molar-refractivity contribution >= 4 is 0 Å². The number of hydrogen-bond acceptors (Lipinski definition) is 6. The van der Waals surface area contributed by atoms with Crippen LogP contribution in [0.15, 0.2) is 43.0 Å². The van der Waals surface area contributed by atoms with Gasteiger partial charge in [0.15, 0.2) is 5.82 Å². The molecular formula is C15H18N8. The fraction of sp³-hybridized carbons (Fsp3) is 0.400. The molecule has 1 unspecified atom stereocenters. The minimum Gasteiger partial charge on any atom is -0.291 e. The third kappa shape index (κ3) is 2.98. The number of nitrogens with zero attached hydrogens (tertiary/aromatic N) is 8. The van der Waals surface area contributed by atoms with E-state index in [9.17, 15) is 0 Å². The van der Waals surface area contributed by atoms with Crippen molar-refractivity contribution in [1.29, 1.82) is 0 Å². The van der Waals surface area contributed by atoms with E-state index in [1.807, 2.05) is 39.7 Å². The molecule has 0 radical (unpaired) electrons. The van der Waals surface area contributed by atoms with E-state index in [0.717, 1.165) is 37.6 Å². The monoisotopic (exact) mass is 310 g/mol. The fourth-order valence-corrected chi connectivity index (χ4v) is 3.11. The molecule has 0 spiro atoms. The Morgan fingerprint density at radius 2 is 2.09 bits per heavy atom. The molecular weight excluding hydrogens is 292 g/mol. The Balaban J connectivity index is 1.51. The van der Waals surface area contributed by atoms with Crippen molar-refractivity contribution in [2.75, 3.05) is 6.54 Å². The van der Waals surface area contributed by atoms with E-state index >= 15 is 0 Å². The summed E-state index contributed by atoms with van der Waals surface area (Å²) in [6.45, 7) is 2.65. The second-order valence-corrected chi connectivity index (χ2v) is 5.73. The Labute approximate surface area is 133 Å². The van der Waals surface area contributed by atoms with Crippen molar-refractivity contribution in [2.45, 2.75) is 32.0 Å². The molecule has 118 valence electrons. The molecule has 2 aromatic heterocycles. The second kappa shape index (κ2) is 6.25. The Morgan fingerprint density at radius 1 is 1.17 bits per heavy atom. The Hall–Kier alpha value is -2.61. The summed E-state index contributed by atoms with van der Waals surface area (Å²) in [6, 6.07) is 10.4. The number of benzene rings is 1. The first-order valence-electron chi connectivity index (χ1n) is 7.79. The van der Waals surface area contributed by atoms with Crippen LogP contribution in [0.4, 0.5) is 0 Å². The number of rotatable bonds is 5. The number of hydrogen-bond donors (Lipinski definition) is 0. The molecule has 4 rings (SSSR count). The average Bonchev–Trinajstić information content (AvgIpc) is 3.32. The zero-order valence-corrected chi connectivity index (χ0v) is 12.7. The topological polar surface area (TPSA) is 77.5 Å². The lowest BCUT2D eigenvalue weighted by Crippen LogP contribution is -2.33. The molecule has 3 heterocycles. The maximum atomic E-state index is 4.21. The lowest BCUT2D eigenvalue weighted by molar-refractivity contribution is 0.212. The van der Waals surface area contributed by atoms with Crippen LogP contribution in [0.3, 0.4) is 0 Å². The van der Waals surface area contributed by atoms with Crippen molar-refractivity contribution in [1.82, 2.24) is 39.9 Å². The van der Waals surface area contributed by atoms with E-state index in [0.29, 0.717) is 6.04 Å². The molecule has 1 fully saturated rings. The third-order valence-electron chi connectivity index (χ3n) is 4.24. The summed E-state index contributed by atoms with van der Waals surface area (Å²) in [5, 5.41) is 16.4. The van der Waals surface area contributed by atoms with Gasteiger partial charge in [0.2, 0.25) is 0 Å². The summed E-state index contributed by atoms with van der Waals surface area (Å²) in [7, 11) is 0. The Bertz CT molecular complexity index is 736. The number of tetrazole rings is 1. The molecule has 8 nitrogen and oxygen atoms in total. The van der Waals surface area contributed by atoms with Gasteiger partial charge in [-0.25, -0.2) is 4.98 Å². The number of likely N-dealkylation sites (tertiary alicyclic amines) is 1. The average molecular weight is 310 g/mol. The summed E-state index contributed by atoms with van der Waals surface area (Å²) in [4.78, 5) is 6.44. The van der Waals surface area contributed by atoms with Crippen LogP contribution in [0.2, 0.25) is 0 Å². The molecule has 0 N–H and O–H groups in total. The highest BCUT2D eigenvalue weighted by molar-refractivity contribution is 5.30. The molecule has 0 amide bonds. The molecule has 1 aliphatic rings. The predicted molar refractivity (Wildman–Crippen MR) is 82.6 cm³/mol. The van der Waals surface area contributed by atoms with Crippen LogP contribution >= 0.6 is 0 Å². The summed E-state index contributed by atoms with van der Waals surface area (Å²) < 4.78 is 3.70. The van der Waals surface area contributed by atoms with Crippen LogP contribution < -0.4 is 0 Å². The van der Waals surface area contributed by atoms with Gasteiger partial charge < -0.3 is 0 Å². The van der Waals surface area contributed by atoms with Crippen LogP contribution in [0.1, 0.15) is 18.7 Å². The van der Waals surface area contributed by atoms with E-state index in [1.165, 1.54) is 6.42 Å². The summed E-state index contributed by atoms with van der Waals surface area (Å²) >= 11 is 0. The van der Waals surface area contributed by atoms with Gasteiger partial charge in [0.05, 0.1) is 18.8 Å². The minimum atomic E-state index is 0.442. The maximum Gasteiger partial charge on any atom is 0.170 e. The van der Waals surface area contributed by atoms with Crippen LogP contribution in [0.25, 0.3) is 5.69 Å². The largest absolute Gasteiger partial charge is 0.291 e. The molecule has 8 heteroatoms. The van der Waals surface area contributed by atoms with Gasteiger partial charge in [0.1, 0.15) is 12.7 Å². The fourth-order valence-electron chi connectivity index (χ4n) is 3.11. The molecule has 23 heavy (non-hydrogen) atoms. The highest BCUT2D eigenvalue weighted by atomic mass is 15.5. The van der Waals surface area contributed by atoms with E-state index < -0.39 is 0 Å². The molecule has 1 saturated heterocycles. The SMILES string of the molecule is c1ccc(-n2nnnc2CN2CCCC2Cn2cncn2)cc1. The van der Waals surface area contributed by atoms with Crippen molar-refractivity contribution in [3.8, 4) is 5.69 Å². The van der Waals surface area contributed by atoms with Gasteiger partial charge in [-0.15, -0.1) is 5.10 Å². The predicted octanol–water partition coefficient (Wildman–Crippen LogP) is 0.918.